The minimum atomic E-state index is -0.993. The molecule has 12 heteroatoms. The van der Waals surface area contributed by atoms with E-state index in [0.717, 1.165) is 0 Å². The zero-order valence-electron chi connectivity index (χ0n) is 21.5. The maximum absolute atomic E-state index is 10.2. The van der Waals surface area contributed by atoms with Gasteiger partial charge in [-0.05, 0) is 13.8 Å². The van der Waals surface area contributed by atoms with Gasteiger partial charge in [-0.3, -0.25) is 0 Å². The first kappa shape index (κ1) is 34.1. The van der Waals surface area contributed by atoms with Crippen molar-refractivity contribution in [3.8, 4) is 0 Å². The average Bonchev–Trinajstić information content (AvgIpc) is 2.82. The molecule has 0 bridgehead atoms. The lowest BCUT2D eigenvalue weighted by atomic mass is 10.5. The number of hydrogen-bond donors (Lipinski definition) is 1. The SMILES string of the molecule is CC(C)OCCOCCOCCOCCOCCOCCOCCOCCOCCOCC(=O)O. The molecule has 0 radical (unpaired) electrons. The minimum Gasteiger partial charge on any atom is -0.480 e. The zero-order valence-corrected chi connectivity index (χ0v) is 21.5. The fourth-order valence-corrected chi connectivity index (χ4v) is 2.26. The van der Waals surface area contributed by atoms with Crippen LogP contribution in [0.4, 0.5) is 0 Å². The molecule has 12 nitrogen and oxygen atoms in total. The summed E-state index contributed by atoms with van der Waals surface area (Å²) in [5, 5.41) is 8.40. The van der Waals surface area contributed by atoms with Gasteiger partial charge >= 0.3 is 5.97 Å². The van der Waals surface area contributed by atoms with Crippen molar-refractivity contribution in [3.05, 3.63) is 0 Å². The van der Waals surface area contributed by atoms with Crippen molar-refractivity contribution >= 4 is 5.97 Å². The average molecular weight is 515 g/mol. The number of aliphatic carboxylic acids is 1. The molecule has 0 heterocycles. The van der Waals surface area contributed by atoms with Crippen molar-refractivity contribution < 1.29 is 57.3 Å². The highest BCUT2D eigenvalue weighted by molar-refractivity contribution is 5.67. The Morgan fingerprint density at radius 3 is 0.914 bits per heavy atom. The molecule has 0 aromatic carbocycles. The molecule has 0 saturated carbocycles. The molecule has 0 spiro atoms. The van der Waals surface area contributed by atoms with E-state index in [1.165, 1.54) is 0 Å². The van der Waals surface area contributed by atoms with Gasteiger partial charge in [0.1, 0.15) is 6.61 Å². The molecule has 0 aliphatic heterocycles. The van der Waals surface area contributed by atoms with Gasteiger partial charge in [0.05, 0.1) is 125 Å². The summed E-state index contributed by atoms with van der Waals surface area (Å²) in [4.78, 5) is 10.2. The van der Waals surface area contributed by atoms with Gasteiger partial charge in [-0.25, -0.2) is 4.79 Å². The number of hydrogen-bond acceptors (Lipinski definition) is 11. The lowest BCUT2D eigenvalue weighted by molar-refractivity contribution is -0.142. The van der Waals surface area contributed by atoms with Gasteiger partial charge in [-0.1, -0.05) is 0 Å². The van der Waals surface area contributed by atoms with Gasteiger partial charge in [0.2, 0.25) is 0 Å². The summed E-state index contributed by atoms with van der Waals surface area (Å²) in [7, 11) is 0. The molecule has 0 unspecified atom stereocenters. The van der Waals surface area contributed by atoms with Crippen LogP contribution in [0.3, 0.4) is 0 Å². The Morgan fingerprint density at radius 2 is 0.686 bits per heavy atom. The Labute approximate surface area is 209 Å². The quantitative estimate of drug-likeness (QED) is 0.135. The number of carbonyl (C=O) groups is 1. The van der Waals surface area contributed by atoms with Gasteiger partial charge in [-0.2, -0.15) is 0 Å². The van der Waals surface area contributed by atoms with Crippen LogP contribution in [0.2, 0.25) is 0 Å². The van der Waals surface area contributed by atoms with E-state index in [1.54, 1.807) is 0 Å². The minimum absolute atomic E-state index is 0.229. The summed E-state index contributed by atoms with van der Waals surface area (Å²) in [6, 6.07) is 0. The van der Waals surface area contributed by atoms with Crippen molar-refractivity contribution in [2.24, 2.45) is 0 Å². The molecule has 35 heavy (non-hydrogen) atoms. The van der Waals surface area contributed by atoms with Crippen LogP contribution >= 0.6 is 0 Å². The van der Waals surface area contributed by atoms with Crippen LogP contribution in [-0.4, -0.2) is 143 Å². The van der Waals surface area contributed by atoms with E-state index in [1.807, 2.05) is 13.8 Å². The maximum atomic E-state index is 10.2. The van der Waals surface area contributed by atoms with Crippen molar-refractivity contribution in [3.63, 3.8) is 0 Å². The van der Waals surface area contributed by atoms with E-state index >= 15 is 0 Å². The first-order chi connectivity index (χ1) is 17.1. The molecule has 0 atom stereocenters. The van der Waals surface area contributed by atoms with Crippen molar-refractivity contribution in [1.82, 2.24) is 0 Å². The van der Waals surface area contributed by atoms with Crippen LogP contribution in [-0.2, 0) is 52.2 Å². The largest absolute Gasteiger partial charge is 0.480 e. The van der Waals surface area contributed by atoms with Crippen LogP contribution in [0.1, 0.15) is 13.8 Å². The Bertz CT molecular complexity index is 425. The third kappa shape index (κ3) is 33.1. The summed E-state index contributed by atoms with van der Waals surface area (Å²) < 4.78 is 53.2. The van der Waals surface area contributed by atoms with E-state index in [9.17, 15) is 4.79 Å². The van der Waals surface area contributed by atoms with Crippen LogP contribution in [0.25, 0.3) is 0 Å². The monoisotopic (exact) mass is 514 g/mol. The van der Waals surface area contributed by atoms with Crippen LogP contribution in [0.5, 0.6) is 0 Å². The lowest BCUT2D eigenvalue weighted by Gasteiger charge is -2.09. The molecule has 0 rings (SSSR count). The Hall–Kier alpha value is -0.930. The molecule has 0 fully saturated rings. The predicted octanol–water partition coefficient (Wildman–Crippen LogP) is 0.645. The summed E-state index contributed by atoms with van der Waals surface area (Å²) >= 11 is 0. The molecular formula is C23H46O12. The van der Waals surface area contributed by atoms with Gasteiger partial charge < -0.3 is 52.5 Å². The predicted molar refractivity (Wildman–Crippen MR) is 126 cm³/mol. The van der Waals surface area contributed by atoms with Gasteiger partial charge in [0.15, 0.2) is 0 Å². The molecule has 0 aliphatic carbocycles. The van der Waals surface area contributed by atoms with E-state index in [-0.39, 0.29) is 19.3 Å². The number of carboxylic acid groups (broad SMARTS) is 1. The standard InChI is InChI=1S/C23H46O12/c1-22(2)35-20-19-33-16-15-31-12-11-29-8-7-27-4-3-26-5-6-28-9-10-30-13-14-32-17-18-34-21-23(24)25/h22H,3-21H2,1-2H3,(H,24,25). The smallest absolute Gasteiger partial charge is 0.329 e. The van der Waals surface area contributed by atoms with Crippen LogP contribution < -0.4 is 0 Å². The van der Waals surface area contributed by atoms with E-state index in [0.29, 0.717) is 112 Å². The van der Waals surface area contributed by atoms with Crippen LogP contribution in [0.15, 0.2) is 0 Å². The highest BCUT2D eigenvalue weighted by Crippen LogP contribution is 1.88. The van der Waals surface area contributed by atoms with Gasteiger partial charge in [0, 0.05) is 0 Å². The maximum Gasteiger partial charge on any atom is 0.329 e. The molecule has 0 aromatic heterocycles. The number of rotatable bonds is 30. The normalized spacial score (nSPS) is 11.5. The summed E-state index contributed by atoms with van der Waals surface area (Å²) in [6.45, 7) is 12.4. The third-order valence-corrected chi connectivity index (χ3v) is 3.88. The second kappa shape index (κ2) is 29.3. The molecule has 210 valence electrons. The van der Waals surface area contributed by atoms with Gasteiger partial charge in [0.25, 0.3) is 0 Å². The summed E-state index contributed by atoms with van der Waals surface area (Å²) in [6.07, 6.45) is 0.229. The Kier molecular flexibility index (Phi) is 28.5. The fraction of sp³-hybridized carbons (Fsp3) is 0.957. The first-order valence-electron chi connectivity index (χ1n) is 12.2. The summed E-state index contributed by atoms with van der Waals surface area (Å²) in [5.41, 5.74) is 0. The van der Waals surface area contributed by atoms with Gasteiger partial charge in [-0.15, -0.1) is 0 Å². The van der Waals surface area contributed by atoms with E-state index in [4.69, 9.17) is 52.5 Å². The van der Waals surface area contributed by atoms with E-state index < -0.39 is 5.97 Å². The number of ether oxygens (including phenoxy) is 10. The first-order valence-corrected chi connectivity index (χ1v) is 12.2. The third-order valence-electron chi connectivity index (χ3n) is 3.88. The van der Waals surface area contributed by atoms with Crippen molar-refractivity contribution in [1.29, 1.82) is 0 Å². The Morgan fingerprint density at radius 1 is 0.457 bits per heavy atom. The zero-order chi connectivity index (χ0) is 25.7. The lowest BCUT2D eigenvalue weighted by Crippen LogP contribution is -2.15. The van der Waals surface area contributed by atoms with Crippen molar-refractivity contribution in [2.45, 2.75) is 20.0 Å². The highest BCUT2D eigenvalue weighted by atomic mass is 16.6. The van der Waals surface area contributed by atoms with Crippen LogP contribution in [0, 0.1) is 0 Å². The fourth-order valence-electron chi connectivity index (χ4n) is 2.26. The topological polar surface area (TPSA) is 130 Å². The second-order valence-electron chi connectivity index (χ2n) is 7.26. The molecule has 0 saturated heterocycles. The molecule has 0 amide bonds. The van der Waals surface area contributed by atoms with E-state index in [2.05, 4.69) is 0 Å². The highest BCUT2D eigenvalue weighted by Gasteiger charge is 1.97. The second-order valence-corrected chi connectivity index (χ2v) is 7.26. The molecule has 0 aromatic rings. The molecular weight excluding hydrogens is 468 g/mol. The summed E-state index contributed by atoms with van der Waals surface area (Å²) in [5.74, 6) is -0.993. The number of carboxylic acids is 1. The molecule has 1 N–H and O–H groups in total. The van der Waals surface area contributed by atoms with Crippen molar-refractivity contribution in [2.75, 3.05) is 126 Å². The Balaban J connectivity index is 3.02. The molecule has 0 aliphatic rings.